The van der Waals surface area contributed by atoms with E-state index >= 15 is 0 Å². The highest BCUT2D eigenvalue weighted by molar-refractivity contribution is 6.03. The number of aryl methyl sites for hydroxylation is 1. The van der Waals surface area contributed by atoms with Gasteiger partial charge < -0.3 is 15.5 Å². The van der Waals surface area contributed by atoms with E-state index in [1.165, 1.54) is 5.69 Å². The lowest BCUT2D eigenvalue weighted by atomic mass is 10.1. The van der Waals surface area contributed by atoms with Crippen molar-refractivity contribution in [2.24, 2.45) is 0 Å². The van der Waals surface area contributed by atoms with Gasteiger partial charge in [-0.15, -0.1) is 10.2 Å². The van der Waals surface area contributed by atoms with Crippen molar-refractivity contribution in [3.8, 4) is 0 Å². The highest BCUT2D eigenvalue weighted by atomic mass is 16.1. The summed E-state index contributed by atoms with van der Waals surface area (Å²) in [6, 6.07) is 19.1. The van der Waals surface area contributed by atoms with Crippen molar-refractivity contribution in [2.75, 3.05) is 28.6 Å². The van der Waals surface area contributed by atoms with Gasteiger partial charge in [0.15, 0.2) is 11.6 Å². The quantitative estimate of drug-likeness (QED) is 0.630. The summed E-state index contributed by atoms with van der Waals surface area (Å²) in [6.45, 7) is 8.22. The Morgan fingerprint density at radius 1 is 0.857 bits per heavy atom. The van der Waals surface area contributed by atoms with Gasteiger partial charge in [0.05, 0.1) is 0 Å². The van der Waals surface area contributed by atoms with Crippen LogP contribution in [0.5, 0.6) is 0 Å². The van der Waals surface area contributed by atoms with Crippen molar-refractivity contribution < 1.29 is 4.79 Å². The Morgan fingerprint density at radius 2 is 1.46 bits per heavy atom. The van der Waals surface area contributed by atoms with Crippen LogP contribution in [0.25, 0.3) is 0 Å². The highest BCUT2D eigenvalue weighted by Crippen LogP contribution is 2.20. The molecule has 2 aromatic carbocycles. The van der Waals surface area contributed by atoms with Crippen molar-refractivity contribution in [2.45, 2.75) is 20.8 Å². The Balaban J connectivity index is 1.61. The van der Waals surface area contributed by atoms with Crippen LogP contribution in [-0.2, 0) is 0 Å². The molecular formula is C22H25N5O. The van der Waals surface area contributed by atoms with Crippen LogP contribution in [0.2, 0.25) is 0 Å². The molecule has 6 nitrogen and oxygen atoms in total. The van der Waals surface area contributed by atoms with Crippen LogP contribution in [0.4, 0.5) is 23.0 Å². The van der Waals surface area contributed by atoms with Gasteiger partial charge in [0.1, 0.15) is 0 Å². The Kier molecular flexibility index (Phi) is 6.22. The summed E-state index contributed by atoms with van der Waals surface area (Å²) in [5.41, 5.74) is 3.82. The normalized spacial score (nSPS) is 10.4. The fourth-order valence-corrected chi connectivity index (χ4v) is 2.85. The molecule has 0 saturated carbocycles. The van der Waals surface area contributed by atoms with Crippen LogP contribution in [0.1, 0.15) is 29.8 Å². The van der Waals surface area contributed by atoms with Crippen molar-refractivity contribution in [1.29, 1.82) is 0 Å². The lowest BCUT2D eigenvalue weighted by Crippen LogP contribution is -2.21. The number of anilines is 4. The molecule has 0 atom stereocenters. The number of amides is 1. The standard InChI is InChI=1S/C22H25N5O/c1-4-27(5-2)19-12-10-18(11-13-19)23-20-14-15-21(26-25-20)24-22(28)17-8-6-16(3)7-9-17/h6-15H,4-5H2,1-3H3,(H,23,25)(H,24,26,28). The van der Waals surface area contributed by atoms with E-state index in [1.54, 1.807) is 24.3 Å². The van der Waals surface area contributed by atoms with E-state index in [0.717, 1.165) is 24.3 Å². The Bertz CT molecular complexity index is 901. The Hall–Kier alpha value is -3.41. The third kappa shape index (κ3) is 4.85. The van der Waals surface area contributed by atoms with Gasteiger partial charge >= 0.3 is 0 Å². The average molecular weight is 375 g/mol. The first kappa shape index (κ1) is 19.4. The summed E-state index contributed by atoms with van der Waals surface area (Å²) >= 11 is 0. The maximum Gasteiger partial charge on any atom is 0.256 e. The number of hydrogen-bond acceptors (Lipinski definition) is 5. The minimum atomic E-state index is -0.206. The van der Waals surface area contributed by atoms with Crippen LogP contribution < -0.4 is 15.5 Å². The summed E-state index contributed by atoms with van der Waals surface area (Å²) < 4.78 is 0. The van der Waals surface area contributed by atoms with Gasteiger partial charge in [0.2, 0.25) is 0 Å². The zero-order valence-electron chi connectivity index (χ0n) is 16.4. The second kappa shape index (κ2) is 8.99. The smallest absolute Gasteiger partial charge is 0.256 e. The fraction of sp³-hybridized carbons (Fsp3) is 0.227. The van der Waals surface area contributed by atoms with Crippen LogP contribution in [0.3, 0.4) is 0 Å². The molecule has 6 heteroatoms. The highest BCUT2D eigenvalue weighted by Gasteiger charge is 2.07. The first-order valence-corrected chi connectivity index (χ1v) is 9.43. The average Bonchev–Trinajstić information content (AvgIpc) is 2.72. The number of hydrogen-bond donors (Lipinski definition) is 2. The predicted molar refractivity (Wildman–Crippen MR) is 114 cm³/mol. The Labute approximate surface area is 165 Å². The van der Waals surface area contributed by atoms with Gasteiger partial charge in [-0.05, 0) is 69.3 Å². The Morgan fingerprint density at radius 3 is 2.04 bits per heavy atom. The lowest BCUT2D eigenvalue weighted by molar-refractivity contribution is 0.102. The van der Waals surface area contributed by atoms with E-state index < -0.39 is 0 Å². The van der Waals surface area contributed by atoms with Crippen LogP contribution in [-0.4, -0.2) is 29.2 Å². The maximum absolute atomic E-state index is 12.2. The molecule has 0 unspecified atom stereocenters. The fourth-order valence-electron chi connectivity index (χ4n) is 2.85. The zero-order chi connectivity index (χ0) is 19.9. The van der Waals surface area contributed by atoms with Gasteiger partial charge in [-0.3, -0.25) is 4.79 Å². The number of aromatic nitrogens is 2. The van der Waals surface area contributed by atoms with Crippen LogP contribution in [0, 0.1) is 6.92 Å². The van der Waals surface area contributed by atoms with E-state index in [1.807, 2.05) is 31.2 Å². The SMILES string of the molecule is CCN(CC)c1ccc(Nc2ccc(NC(=O)c3ccc(C)cc3)nn2)cc1. The molecule has 2 N–H and O–H groups in total. The minimum Gasteiger partial charge on any atom is -0.372 e. The number of carbonyl (C=O) groups excluding carboxylic acids is 1. The number of nitrogens with zero attached hydrogens (tertiary/aromatic N) is 3. The van der Waals surface area contributed by atoms with Crippen LogP contribution >= 0.6 is 0 Å². The summed E-state index contributed by atoms with van der Waals surface area (Å²) in [7, 11) is 0. The topological polar surface area (TPSA) is 70.2 Å². The molecular weight excluding hydrogens is 350 g/mol. The molecule has 0 fully saturated rings. The van der Waals surface area contributed by atoms with E-state index in [0.29, 0.717) is 17.2 Å². The van der Waals surface area contributed by atoms with Gasteiger partial charge in [0, 0.05) is 30.0 Å². The molecule has 1 heterocycles. The van der Waals surface area contributed by atoms with Crippen LogP contribution in [0.15, 0.2) is 60.7 Å². The number of rotatable bonds is 7. The molecule has 0 aliphatic rings. The van der Waals surface area contributed by atoms with E-state index in [9.17, 15) is 4.79 Å². The summed E-state index contributed by atoms with van der Waals surface area (Å²) in [5.74, 6) is 0.818. The maximum atomic E-state index is 12.2. The first-order chi connectivity index (χ1) is 13.6. The van der Waals surface area contributed by atoms with E-state index in [4.69, 9.17) is 0 Å². The van der Waals surface area contributed by atoms with E-state index in [-0.39, 0.29) is 5.91 Å². The van der Waals surface area contributed by atoms with Gasteiger partial charge in [0.25, 0.3) is 5.91 Å². The number of carbonyl (C=O) groups is 1. The van der Waals surface area contributed by atoms with Crippen molar-refractivity contribution in [3.63, 3.8) is 0 Å². The molecule has 0 spiro atoms. The first-order valence-electron chi connectivity index (χ1n) is 9.43. The van der Waals surface area contributed by atoms with E-state index in [2.05, 4.69) is 51.7 Å². The second-order valence-corrected chi connectivity index (χ2v) is 6.47. The lowest BCUT2D eigenvalue weighted by Gasteiger charge is -2.21. The molecule has 144 valence electrons. The molecule has 3 rings (SSSR count). The predicted octanol–water partition coefficient (Wildman–Crippen LogP) is 4.63. The van der Waals surface area contributed by atoms with Crippen molar-refractivity contribution in [3.05, 3.63) is 71.8 Å². The zero-order valence-corrected chi connectivity index (χ0v) is 16.4. The third-order valence-electron chi connectivity index (χ3n) is 4.49. The number of benzene rings is 2. The molecule has 1 aromatic heterocycles. The minimum absolute atomic E-state index is 0.206. The molecule has 1 amide bonds. The molecule has 0 bridgehead atoms. The summed E-state index contributed by atoms with van der Waals surface area (Å²) in [5, 5.41) is 14.2. The third-order valence-corrected chi connectivity index (χ3v) is 4.49. The van der Waals surface area contributed by atoms with Gasteiger partial charge in [-0.2, -0.15) is 0 Å². The molecule has 0 saturated heterocycles. The monoisotopic (exact) mass is 375 g/mol. The van der Waals surface area contributed by atoms with Crippen molar-refractivity contribution in [1.82, 2.24) is 10.2 Å². The number of nitrogens with one attached hydrogen (secondary N) is 2. The largest absolute Gasteiger partial charge is 0.372 e. The molecule has 0 radical (unpaired) electrons. The second-order valence-electron chi connectivity index (χ2n) is 6.47. The molecule has 3 aromatic rings. The summed E-state index contributed by atoms with van der Waals surface area (Å²) in [6.07, 6.45) is 0. The van der Waals surface area contributed by atoms with Gasteiger partial charge in [-0.1, -0.05) is 17.7 Å². The summed E-state index contributed by atoms with van der Waals surface area (Å²) in [4.78, 5) is 14.5. The molecule has 28 heavy (non-hydrogen) atoms. The van der Waals surface area contributed by atoms with Gasteiger partial charge in [-0.25, -0.2) is 0 Å². The molecule has 0 aliphatic carbocycles. The molecule has 0 aliphatic heterocycles. The van der Waals surface area contributed by atoms with Crippen molar-refractivity contribution >= 4 is 28.9 Å².